The number of primary amides is 1. The average Bonchev–Trinajstić information content (AvgIpc) is 2.67. The Hall–Kier alpha value is -1.10. The normalized spacial score (nSPS) is 20.6. The van der Waals surface area contributed by atoms with E-state index < -0.39 is 0 Å². The number of pyridine rings is 1. The minimum atomic E-state index is -0.218. The lowest BCUT2D eigenvalue weighted by Crippen LogP contribution is -2.27. The molecule has 80 valence electrons. The Bertz CT molecular complexity index is 383. The molecule has 1 aromatic rings. The first-order valence-electron chi connectivity index (χ1n) is 4.83. The van der Waals surface area contributed by atoms with Crippen LogP contribution >= 0.6 is 15.9 Å². The highest BCUT2D eigenvalue weighted by molar-refractivity contribution is 9.10. The number of carbonyl (C=O) groups is 1. The fraction of sp³-hybridized carbons (Fsp3) is 0.400. The molecule has 1 amide bonds. The second-order valence-corrected chi connectivity index (χ2v) is 4.50. The molecule has 0 saturated carbocycles. The van der Waals surface area contributed by atoms with Gasteiger partial charge in [-0.2, -0.15) is 0 Å². The first-order chi connectivity index (χ1) is 7.18. The zero-order valence-electron chi connectivity index (χ0n) is 8.19. The van der Waals surface area contributed by atoms with Crippen LogP contribution in [-0.4, -0.2) is 24.0 Å². The molecule has 1 aliphatic heterocycles. The summed E-state index contributed by atoms with van der Waals surface area (Å²) in [7, 11) is 0. The van der Waals surface area contributed by atoms with Crippen molar-refractivity contribution in [1.82, 2.24) is 4.98 Å². The van der Waals surface area contributed by atoms with Gasteiger partial charge in [-0.3, -0.25) is 4.79 Å². The van der Waals surface area contributed by atoms with Crippen molar-refractivity contribution in [2.24, 2.45) is 11.7 Å². The number of rotatable bonds is 2. The van der Waals surface area contributed by atoms with Gasteiger partial charge in [0.25, 0.3) is 0 Å². The number of anilines is 1. The van der Waals surface area contributed by atoms with E-state index in [0.29, 0.717) is 6.54 Å². The van der Waals surface area contributed by atoms with Crippen LogP contribution in [0.5, 0.6) is 0 Å². The Morgan fingerprint density at radius 1 is 1.67 bits per heavy atom. The quantitative estimate of drug-likeness (QED) is 0.877. The molecular weight excluding hydrogens is 258 g/mol. The standard InChI is InChI=1S/C10H12BrN3O/c11-8-2-1-4-13-10(8)14-5-3-7(6-14)9(12)15/h1-2,4,7H,3,5-6H2,(H2,12,15). The molecule has 1 fully saturated rings. The van der Waals surface area contributed by atoms with Gasteiger partial charge in [0.05, 0.1) is 10.4 Å². The van der Waals surface area contributed by atoms with Gasteiger partial charge < -0.3 is 10.6 Å². The lowest BCUT2D eigenvalue weighted by Gasteiger charge is -2.17. The molecule has 4 nitrogen and oxygen atoms in total. The topological polar surface area (TPSA) is 59.2 Å². The van der Waals surface area contributed by atoms with Gasteiger partial charge in [-0.15, -0.1) is 0 Å². The molecule has 1 atom stereocenters. The maximum atomic E-state index is 11.0. The number of carbonyl (C=O) groups excluding carboxylic acids is 1. The number of halogens is 1. The minimum Gasteiger partial charge on any atom is -0.369 e. The van der Waals surface area contributed by atoms with Crippen molar-refractivity contribution in [2.45, 2.75) is 6.42 Å². The molecule has 1 aliphatic rings. The van der Waals surface area contributed by atoms with Crippen molar-refractivity contribution >= 4 is 27.7 Å². The monoisotopic (exact) mass is 269 g/mol. The second-order valence-electron chi connectivity index (χ2n) is 3.64. The molecule has 1 saturated heterocycles. The van der Waals surface area contributed by atoms with Crippen LogP contribution in [0.1, 0.15) is 6.42 Å². The van der Waals surface area contributed by atoms with Crippen LogP contribution in [0.3, 0.4) is 0 Å². The van der Waals surface area contributed by atoms with Gasteiger partial charge in [0, 0.05) is 19.3 Å². The van der Waals surface area contributed by atoms with Gasteiger partial charge in [0.15, 0.2) is 0 Å². The first kappa shape index (κ1) is 10.4. The zero-order valence-corrected chi connectivity index (χ0v) is 9.77. The van der Waals surface area contributed by atoms with E-state index in [1.54, 1.807) is 6.20 Å². The summed E-state index contributed by atoms with van der Waals surface area (Å²) in [5.74, 6) is 0.629. The molecule has 0 bridgehead atoms. The highest BCUT2D eigenvalue weighted by Gasteiger charge is 2.28. The van der Waals surface area contributed by atoms with Gasteiger partial charge >= 0.3 is 0 Å². The lowest BCUT2D eigenvalue weighted by atomic mass is 10.1. The Labute approximate surface area is 96.6 Å². The van der Waals surface area contributed by atoms with E-state index in [9.17, 15) is 4.79 Å². The smallest absolute Gasteiger partial charge is 0.222 e. The van der Waals surface area contributed by atoms with Crippen LogP contribution in [-0.2, 0) is 4.79 Å². The summed E-state index contributed by atoms with van der Waals surface area (Å²) in [4.78, 5) is 17.4. The Morgan fingerprint density at radius 3 is 3.07 bits per heavy atom. The average molecular weight is 270 g/mol. The fourth-order valence-electron chi connectivity index (χ4n) is 1.79. The van der Waals surface area contributed by atoms with Gasteiger partial charge in [-0.05, 0) is 34.5 Å². The molecular formula is C10H12BrN3O. The first-order valence-corrected chi connectivity index (χ1v) is 5.62. The van der Waals surface area contributed by atoms with E-state index in [1.165, 1.54) is 0 Å². The lowest BCUT2D eigenvalue weighted by molar-refractivity contribution is -0.121. The SMILES string of the molecule is NC(=O)C1CCN(c2ncccc2Br)C1. The van der Waals surface area contributed by atoms with Gasteiger partial charge in [0.1, 0.15) is 5.82 Å². The second kappa shape index (κ2) is 4.18. The largest absolute Gasteiger partial charge is 0.369 e. The van der Waals surface area contributed by atoms with Crippen molar-refractivity contribution < 1.29 is 4.79 Å². The number of hydrogen-bond acceptors (Lipinski definition) is 3. The molecule has 5 heteroatoms. The molecule has 2 heterocycles. The van der Waals surface area contributed by atoms with E-state index in [4.69, 9.17) is 5.73 Å². The number of nitrogens with two attached hydrogens (primary N) is 1. The highest BCUT2D eigenvalue weighted by atomic mass is 79.9. The van der Waals surface area contributed by atoms with E-state index in [-0.39, 0.29) is 11.8 Å². The van der Waals surface area contributed by atoms with Crippen LogP contribution < -0.4 is 10.6 Å². The Kier molecular flexibility index (Phi) is 2.90. The van der Waals surface area contributed by atoms with Crippen molar-refractivity contribution in [1.29, 1.82) is 0 Å². The molecule has 2 N–H and O–H groups in total. The summed E-state index contributed by atoms with van der Waals surface area (Å²) in [6.45, 7) is 1.51. The third kappa shape index (κ3) is 2.12. The van der Waals surface area contributed by atoms with E-state index in [0.717, 1.165) is 23.3 Å². The third-order valence-corrected chi connectivity index (χ3v) is 3.25. The van der Waals surface area contributed by atoms with Crippen LogP contribution in [0.2, 0.25) is 0 Å². The number of hydrogen-bond donors (Lipinski definition) is 1. The molecule has 1 unspecified atom stereocenters. The fourth-order valence-corrected chi connectivity index (χ4v) is 2.30. The van der Waals surface area contributed by atoms with Crippen molar-refractivity contribution in [3.8, 4) is 0 Å². The predicted octanol–water partition coefficient (Wildman–Crippen LogP) is 1.16. The highest BCUT2D eigenvalue weighted by Crippen LogP contribution is 2.27. The van der Waals surface area contributed by atoms with Crippen LogP contribution in [0, 0.1) is 5.92 Å². The Balaban J connectivity index is 2.14. The maximum Gasteiger partial charge on any atom is 0.222 e. The molecule has 1 aromatic heterocycles. The van der Waals surface area contributed by atoms with Gasteiger partial charge in [0.2, 0.25) is 5.91 Å². The molecule has 0 aromatic carbocycles. The van der Waals surface area contributed by atoms with Crippen molar-refractivity contribution in [2.75, 3.05) is 18.0 Å². The van der Waals surface area contributed by atoms with Gasteiger partial charge in [-0.25, -0.2) is 4.98 Å². The van der Waals surface area contributed by atoms with Crippen LogP contribution in [0.4, 0.5) is 5.82 Å². The number of nitrogens with zero attached hydrogens (tertiary/aromatic N) is 2. The number of amides is 1. The third-order valence-electron chi connectivity index (χ3n) is 2.63. The van der Waals surface area contributed by atoms with Crippen LogP contribution in [0.15, 0.2) is 22.8 Å². The van der Waals surface area contributed by atoms with Crippen LogP contribution in [0.25, 0.3) is 0 Å². The van der Waals surface area contributed by atoms with Crippen molar-refractivity contribution in [3.63, 3.8) is 0 Å². The molecule has 15 heavy (non-hydrogen) atoms. The predicted molar refractivity (Wildman–Crippen MR) is 61.5 cm³/mol. The number of aromatic nitrogens is 1. The zero-order chi connectivity index (χ0) is 10.8. The molecule has 0 spiro atoms. The molecule has 2 rings (SSSR count). The maximum absolute atomic E-state index is 11.0. The van der Waals surface area contributed by atoms with Crippen molar-refractivity contribution in [3.05, 3.63) is 22.8 Å². The summed E-state index contributed by atoms with van der Waals surface area (Å²) in [6.07, 6.45) is 2.57. The summed E-state index contributed by atoms with van der Waals surface area (Å²) >= 11 is 3.44. The van der Waals surface area contributed by atoms with Gasteiger partial charge in [-0.1, -0.05) is 0 Å². The summed E-state index contributed by atoms with van der Waals surface area (Å²) < 4.78 is 0.954. The van der Waals surface area contributed by atoms with E-state index >= 15 is 0 Å². The summed E-state index contributed by atoms with van der Waals surface area (Å²) in [6, 6.07) is 3.81. The minimum absolute atomic E-state index is 0.0427. The van der Waals surface area contributed by atoms with E-state index in [2.05, 4.69) is 25.8 Å². The molecule has 0 aliphatic carbocycles. The van der Waals surface area contributed by atoms with E-state index in [1.807, 2.05) is 12.1 Å². The summed E-state index contributed by atoms with van der Waals surface area (Å²) in [5, 5.41) is 0. The Morgan fingerprint density at radius 2 is 2.47 bits per heavy atom. The summed E-state index contributed by atoms with van der Waals surface area (Å²) in [5.41, 5.74) is 5.28. The molecule has 0 radical (unpaired) electrons.